The summed E-state index contributed by atoms with van der Waals surface area (Å²) in [4.78, 5) is 0. The van der Waals surface area contributed by atoms with Gasteiger partial charge >= 0.3 is 0 Å². The summed E-state index contributed by atoms with van der Waals surface area (Å²) in [5.41, 5.74) is 4.57. The van der Waals surface area contributed by atoms with Crippen LogP contribution in [0.5, 0.6) is 0 Å². The SMILES string of the molecule is Clc1ccc(Br)cc1CNN1CCCCC1. The van der Waals surface area contributed by atoms with E-state index in [9.17, 15) is 0 Å². The van der Waals surface area contributed by atoms with Crippen molar-refractivity contribution in [3.05, 3.63) is 33.3 Å². The van der Waals surface area contributed by atoms with Gasteiger partial charge in [-0.3, -0.25) is 5.43 Å². The Bertz CT molecular complexity index is 351. The van der Waals surface area contributed by atoms with Gasteiger partial charge in [0, 0.05) is 29.1 Å². The normalized spacial score (nSPS) is 17.6. The predicted molar refractivity (Wildman–Crippen MR) is 71.4 cm³/mol. The van der Waals surface area contributed by atoms with Gasteiger partial charge in [0.2, 0.25) is 0 Å². The molecule has 0 aliphatic carbocycles. The van der Waals surface area contributed by atoms with E-state index in [-0.39, 0.29) is 0 Å². The Morgan fingerprint density at radius 1 is 1.25 bits per heavy atom. The molecule has 0 aromatic heterocycles. The fourth-order valence-corrected chi connectivity index (χ4v) is 2.52. The standard InChI is InChI=1S/C12H16BrClN2/c13-11-4-5-12(14)10(8-11)9-15-16-6-2-1-3-7-16/h4-5,8,15H,1-3,6-7,9H2. The van der Waals surface area contributed by atoms with Gasteiger partial charge in [-0.15, -0.1) is 0 Å². The minimum Gasteiger partial charge on any atom is -0.251 e. The molecule has 88 valence electrons. The highest BCUT2D eigenvalue weighted by atomic mass is 79.9. The lowest BCUT2D eigenvalue weighted by atomic mass is 10.2. The molecule has 0 spiro atoms. The number of rotatable bonds is 3. The second-order valence-corrected chi connectivity index (χ2v) is 5.44. The first-order chi connectivity index (χ1) is 7.75. The first kappa shape index (κ1) is 12.4. The summed E-state index contributed by atoms with van der Waals surface area (Å²) in [6.45, 7) is 3.09. The van der Waals surface area contributed by atoms with E-state index in [1.165, 1.54) is 19.3 Å². The number of piperidine rings is 1. The number of nitrogens with zero attached hydrogens (tertiary/aromatic N) is 1. The molecule has 1 heterocycles. The number of benzene rings is 1. The average molecular weight is 304 g/mol. The van der Waals surface area contributed by atoms with Gasteiger partial charge in [-0.05, 0) is 36.6 Å². The van der Waals surface area contributed by atoms with Crippen LogP contribution in [0.3, 0.4) is 0 Å². The molecule has 1 aliphatic heterocycles. The summed E-state index contributed by atoms with van der Waals surface area (Å²) in [5, 5.41) is 3.12. The summed E-state index contributed by atoms with van der Waals surface area (Å²) >= 11 is 9.60. The zero-order valence-corrected chi connectivity index (χ0v) is 11.5. The van der Waals surface area contributed by atoms with Crippen molar-refractivity contribution in [1.82, 2.24) is 10.4 Å². The summed E-state index contributed by atoms with van der Waals surface area (Å²) in [6.07, 6.45) is 3.94. The Kier molecular flexibility index (Phi) is 4.65. The van der Waals surface area contributed by atoms with Crippen molar-refractivity contribution in [3.8, 4) is 0 Å². The third kappa shape index (κ3) is 3.45. The van der Waals surface area contributed by atoms with Crippen LogP contribution in [0.25, 0.3) is 0 Å². The molecule has 0 amide bonds. The van der Waals surface area contributed by atoms with Crippen molar-refractivity contribution >= 4 is 27.5 Å². The molecule has 1 fully saturated rings. The second kappa shape index (κ2) is 6.01. The monoisotopic (exact) mass is 302 g/mol. The summed E-state index contributed by atoms with van der Waals surface area (Å²) in [7, 11) is 0. The molecule has 16 heavy (non-hydrogen) atoms. The molecular weight excluding hydrogens is 288 g/mol. The van der Waals surface area contributed by atoms with E-state index in [0.717, 1.165) is 34.7 Å². The Labute approximate surface area is 110 Å². The molecule has 0 saturated carbocycles. The lowest BCUT2D eigenvalue weighted by Crippen LogP contribution is -2.41. The van der Waals surface area contributed by atoms with Crippen molar-refractivity contribution in [2.75, 3.05) is 13.1 Å². The lowest BCUT2D eigenvalue weighted by molar-refractivity contribution is 0.151. The Morgan fingerprint density at radius 2 is 2.00 bits per heavy atom. The molecule has 0 atom stereocenters. The van der Waals surface area contributed by atoms with E-state index < -0.39 is 0 Å². The topological polar surface area (TPSA) is 15.3 Å². The molecule has 0 unspecified atom stereocenters. The van der Waals surface area contributed by atoms with Crippen molar-refractivity contribution in [3.63, 3.8) is 0 Å². The fraction of sp³-hybridized carbons (Fsp3) is 0.500. The van der Waals surface area contributed by atoms with E-state index in [0.29, 0.717) is 0 Å². The molecular formula is C12H16BrClN2. The number of hydrogen-bond donors (Lipinski definition) is 1. The zero-order chi connectivity index (χ0) is 11.4. The summed E-state index contributed by atoms with van der Waals surface area (Å²) < 4.78 is 1.08. The van der Waals surface area contributed by atoms with E-state index in [2.05, 4.69) is 32.4 Å². The Hall–Kier alpha value is -0.0900. The van der Waals surface area contributed by atoms with E-state index >= 15 is 0 Å². The van der Waals surface area contributed by atoms with Crippen LogP contribution in [0.1, 0.15) is 24.8 Å². The van der Waals surface area contributed by atoms with E-state index in [4.69, 9.17) is 11.6 Å². The van der Waals surface area contributed by atoms with Crippen molar-refractivity contribution in [2.45, 2.75) is 25.8 Å². The molecule has 1 aromatic carbocycles. The maximum atomic E-state index is 6.13. The number of hydrazine groups is 1. The highest BCUT2D eigenvalue weighted by molar-refractivity contribution is 9.10. The zero-order valence-electron chi connectivity index (χ0n) is 9.18. The quantitative estimate of drug-likeness (QED) is 0.918. The molecule has 1 aromatic rings. The van der Waals surface area contributed by atoms with Gasteiger partial charge in [0.15, 0.2) is 0 Å². The average Bonchev–Trinajstić information content (AvgIpc) is 2.32. The third-order valence-electron chi connectivity index (χ3n) is 2.86. The van der Waals surface area contributed by atoms with Crippen LogP contribution in [-0.4, -0.2) is 18.1 Å². The first-order valence-electron chi connectivity index (χ1n) is 5.68. The van der Waals surface area contributed by atoms with Gasteiger partial charge in [-0.25, -0.2) is 5.01 Å². The number of nitrogens with one attached hydrogen (secondary N) is 1. The van der Waals surface area contributed by atoms with Gasteiger partial charge in [0.05, 0.1) is 0 Å². The summed E-state index contributed by atoms with van der Waals surface area (Å²) in [5.74, 6) is 0. The van der Waals surface area contributed by atoms with Crippen LogP contribution in [0.15, 0.2) is 22.7 Å². The highest BCUT2D eigenvalue weighted by Gasteiger charge is 2.09. The summed E-state index contributed by atoms with van der Waals surface area (Å²) in [6, 6.07) is 5.96. The fourth-order valence-electron chi connectivity index (χ4n) is 1.93. The van der Waals surface area contributed by atoms with E-state index in [1.54, 1.807) is 0 Å². The van der Waals surface area contributed by atoms with Crippen LogP contribution < -0.4 is 5.43 Å². The van der Waals surface area contributed by atoms with Gasteiger partial charge in [-0.1, -0.05) is 34.0 Å². The molecule has 0 radical (unpaired) electrons. The predicted octanol–water partition coefficient (Wildman–Crippen LogP) is 3.59. The molecule has 2 nitrogen and oxygen atoms in total. The van der Waals surface area contributed by atoms with Gasteiger partial charge < -0.3 is 0 Å². The Morgan fingerprint density at radius 3 is 2.75 bits per heavy atom. The number of hydrogen-bond acceptors (Lipinski definition) is 2. The number of halogens is 2. The highest BCUT2D eigenvalue weighted by Crippen LogP contribution is 2.21. The van der Waals surface area contributed by atoms with Crippen molar-refractivity contribution < 1.29 is 0 Å². The van der Waals surface area contributed by atoms with Gasteiger partial charge in [0.1, 0.15) is 0 Å². The molecule has 1 saturated heterocycles. The minimum absolute atomic E-state index is 0.804. The minimum atomic E-state index is 0.804. The largest absolute Gasteiger partial charge is 0.251 e. The maximum absolute atomic E-state index is 6.13. The molecule has 1 N–H and O–H groups in total. The van der Waals surface area contributed by atoms with Crippen LogP contribution in [0.4, 0.5) is 0 Å². The molecule has 1 aliphatic rings. The van der Waals surface area contributed by atoms with Gasteiger partial charge in [-0.2, -0.15) is 0 Å². The van der Waals surface area contributed by atoms with Crippen LogP contribution >= 0.6 is 27.5 Å². The van der Waals surface area contributed by atoms with Crippen LogP contribution in [0, 0.1) is 0 Å². The third-order valence-corrected chi connectivity index (χ3v) is 3.72. The van der Waals surface area contributed by atoms with Crippen molar-refractivity contribution in [2.24, 2.45) is 0 Å². The Balaban J connectivity index is 1.90. The molecule has 0 bridgehead atoms. The van der Waals surface area contributed by atoms with E-state index in [1.807, 2.05) is 12.1 Å². The van der Waals surface area contributed by atoms with Crippen molar-refractivity contribution in [1.29, 1.82) is 0 Å². The first-order valence-corrected chi connectivity index (χ1v) is 6.85. The van der Waals surface area contributed by atoms with Crippen LogP contribution in [-0.2, 0) is 6.54 Å². The molecule has 2 rings (SSSR count). The second-order valence-electron chi connectivity index (χ2n) is 4.12. The van der Waals surface area contributed by atoms with Gasteiger partial charge in [0.25, 0.3) is 0 Å². The molecule has 4 heteroatoms. The maximum Gasteiger partial charge on any atom is 0.0452 e. The smallest absolute Gasteiger partial charge is 0.0452 e. The lowest BCUT2D eigenvalue weighted by Gasteiger charge is -2.27. The van der Waals surface area contributed by atoms with Crippen LogP contribution in [0.2, 0.25) is 5.02 Å².